The molecule has 0 aliphatic heterocycles. The molecular weight excluding hydrogens is 236 g/mol. The van der Waals surface area contributed by atoms with Crippen LogP contribution in [0.1, 0.15) is 65.7 Å². The molecule has 110 valence electrons. The van der Waals surface area contributed by atoms with Crippen molar-refractivity contribution in [2.75, 3.05) is 13.1 Å². The van der Waals surface area contributed by atoms with E-state index < -0.39 is 5.54 Å². The molecule has 3 nitrogen and oxygen atoms in total. The van der Waals surface area contributed by atoms with E-state index in [-0.39, 0.29) is 0 Å². The lowest BCUT2D eigenvalue weighted by atomic mass is 9.88. The summed E-state index contributed by atoms with van der Waals surface area (Å²) in [5.74, 6) is 1.05. The molecule has 3 heteroatoms. The number of rotatable bonds is 6. The van der Waals surface area contributed by atoms with Gasteiger partial charge in [0.25, 0.3) is 0 Å². The van der Waals surface area contributed by atoms with E-state index in [1.807, 2.05) is 13.8 Å². The minimum Gasteiger partial charge on any atom is -0.338 e. The van der Waals surface area contributed by atoms with Crippen LogP contribution >= 0.6 is 0 Å². The molecule has 0 radical (unpaired) electrons. The zero-order chi connectivity index (χ0) is 13.9. The summed E-state index contributed by atoms with van der Waals surface area (Å²) in [6, 6.07) is 0.535. The highest BCUT2D eigenvalue weighted by Gasteiger charge is 2.40. The third-order valence-corrected chi connectivity index (χ3v) is 4.58. The van der Waals surface area contributed by atoms with E-state index in [1.54, 1.807) is 0 Å². The van der Waals surface area contributed by atoms with Gasteiger partial charge in [0.05, 0.1) is 5.54 Å². The van der Waals surface area contributed by atoms with Crippen LogP contribution < -0.4 is 5.32 Å². The lowest BCUT2D eigenvalue weighted by Gasteiger charge is -2.36. The number of hydrogen-bond acceptors (Lipinski definition) is 2. The predicted molar refractivity (Wildman–Crippen MR) is 79.1 cm³/mol. The second kappa shape index (κ2) is 6.25. The summed E-state index contributed by atoms with van der Waals surface area (Å²) in [5, 5.41) is 3.33. The molecule has 2 aliphatic rings. The minimum atomic E-state index is -0.411. The van der Waals surface area contributed by atoms with Crippen LogP contribution in [0.5, 0.6) is 0 Å². The monoisotopic (exact) mass is 266 g/mol. The van der Waals surface area contributed by atoms with E-state index in [0.29, 0.717) is 11.9 Å². The number of carbonyl (C=O) groups excluding carboxylic acids is 1. The molecule has 0 heterocycles. The zero-order valence-corrected chi connectivity index (χ0v) is 12.9. The van der Waals surface area contributed by atoms with E-state index in [0.717, 1.165) is 19.0 Å². The zero-order valence-electron chi connectivity index (χ0n) is 12.9. The molecule has 2 saturated carbocycles. The largest absolute Gasteiger partial charge is 0.338 e. The van der Waals surface area contributed by atoms with Crippen molar-refractivity contribution in [3.05, 3.63) is 0 Å². The SMILES string of the molecule is CCNC(C)(C)C(=O)N(CC1CCCCC1)C1CC1. The Balaban J connectivity index is 1.96. The Bertz CT molecular complexity index is 304. The molecule has 0 aromatic heterocycles. The number of likely N-dealkylation sites (N-methyl/N-ethyl adjacent to an activating group) is 1. The van der Waals surface area contributed by atoms with Gasteiger partial charge in [-0.3, -0.25) is 4.79 Å². The van der Waals surface area contributed by atoms with Crippen LogP contribution in [0, 0.1) is 5.92 Å². The molecule has 2 fully saturated rings. The van der Waals surface area contributed by atoms with E-state index in [4.69, 9.17) is 0 Å². The van der Waals surface area contributed by atoms with Gasteiger partial charge >= 0.3 is 0 Å². The Morgan fingerprint density at radius 3 is 2.32 bits per heavy atom. The van der Waals surface area contributed by atoms with Crippen LogP contribution in [0.4, 0.5) is 0 Å². The van der Waals surface area contributed by atoms with Gasteiger partial charge in [-0.2, -0.15) is 0 Å². The van der Waals surface area contributed by atoms with Gasteiger partial charge in [0.1, 0.15) is 0 Å². The fourth-order valence-electron chi connectivity index (χ4n) is 3.31. The van der Waals surface area contributed by atoms with Gasteiger partial charge < -0.3 is 10.2 Å². The summed E-state index contributed by atoms with van der Waals surface area (Å²) < 4.78 is 0. The summed E-state index contributed by atoms with van der Waals surface area (Å²) in [5.41, 5.74) is -0.411. The van der Waals surface area contributed by atoms with Crippen LogP contribution in [-0.4, -0.2) is 35.5 Å². The predicted octanol–water partition coefficient (Wildman–Crippen LogP) is 2.95. The standard InChI is InChI=1S/C16H30N2O/c1-4-17-16(2,3)15(19)18(14-10-11-14)12-13-8-6-5-7-9-13/h13-14,17H,4-12H2,1-3H3. The van der Waals surface area contributed by atoms with E-state index in [9.17, 15) is 4.79 Å². The second-order valence-electron chi connectivity index (χ2n) is 6.85. The lowest BCUT2D eigenvalue weighted by molar-refractivity contribution is -0.138. The van der Waals surface area contributed by atoms with Crippen molar-refractivity contribution in [1.29, 1.82) is 0 Å². The first-order valence-corrected chi connectivity index (χ1v) is 8.10. The van der Waals surface area contributed by atoms with Crippen molar-refractivity contribution >= 4 is 5.91 Å². The van der Waals surface area contributed by atoms with Gasteiger partial charge in [-0.05, 0) is 52.0 Å². The minimum absolute atomic E-state index is 0.308. The van der Waals surface area contributed by atoms with Gasteiger partial charge in [0.2, 0.25) is 5.91 Å². The van der Waals surface area contributed by atoms with Crippen molar-refractivity contribution in [2.24, 2.45) is 5.92 Å². The fourth-order valence-corrected chi connectivity index (χ4v) is 3.31. The van der Waals surface area contributed by atoms with Gasteiger partial charge in [-0.15, -0.1) is 0 Å². The molecule has 19 heavy (non-hydrogen) atoms. The molecule has 0 atom stereocenters. The summed E-state index contributed by atoms with van der Waals surface area (Å²) in [6.45, 7) is 7.96. The molecule has 0 spiro atoms. The third-order valence-electron chi connectivity index (χ3n) is 4.58. The van der Waals surface area contributed by atoms with Gasteiger partial charge in [-0.1, -0.05) is 26.2 Å². The van der Waals surface area contributed by atoms with E-state index in [2.05, 4.69) is 17.1 Å². The molecule has 0 saturated heterocycles. The highest BCUT2D eigenvalue weighted by Crippen LogP contribution is 2.32. The molecule has 0 aromatic rings. The molecular formula is C16H30N2O. The second-order valence-corrected chi connectivity index (χ2v) is 6.85. The number of amides is 1. The Kier molecular flexibility index (Phi) is 4.88. The van der Waals surface area contributed by atoms with Crippen molar-refractivity contribution < 1.29 is 4.79 Å². The third kappa shape index (κ3) is 3.95. The van der Waals surface area contributed by atoms with Gasteiger partial charge in [-0.25, -0.2) is 0 Å². The Hall–Kier alpha value is -0.570. The Morgan fingerprint density at radius 2 is 1.79 bits per heavy atom. The molecule has 1 N–H and O–H groups in total. The first-order chi connectivity index (χ1) is 9.04. The number of nitrogens with one attached hydrogen (secondary N) is 1. The van der Waals surface area contributed by atoms with E-state index >= 15 is 0 Å². The molecule has 0 bridgehead atoms. The first-order valence-electron chi connectivity index (χ1n) is 8.10. The van der Waals surface area contributed by atoms with Crippen LogP contribution in [0.25, 0.3) is 0 Å². The fraction of sp³-hybridized carbons (Fsp3) is 0.938. The highest BCUT2D eigenvalue weighted by molar-refractivity contribution is 5.86. The van der Waals surface area contributed by atoms with Crippen LogP contribution in [0.3, 0.4) is 0 Å². The van der Waals surface area contributed by atoms with Crippen LogP contribution in [0.2, 0.25) is 0 Å². The van der Waals surface area contributed by atoms with Gasteiger partial charge in [0, 0.05) is 12.6 Å². The molecule has 2 aliphatic carbocycles. The number of nitrogens with zero attached hydrogens (tertiary/aromatic N) is 1. The smallest absolute Gasteiger partial charge is 0.242 e. The number of hydrogen-bond donors (Lipinski definition) is 1. The summed E-state index contributed by atoms with van der Waals surface area (Å²) in [6.07, 6.45) is 9.15. The molecule has 0 unspecified atom stereocenters. The normalized spacial score (nSPS) is 21.4. The average Bonchev–Trinajstić information content (AvgIpc) is 3.20. The van der Waals surface area contributed by atoms with Crippen molar-refractivity contribution in [2.45, 2.75) is 77.3 Å². The maximum atomic E-state index is 12.8. The first kappa shape index (κ1) is 14.8. The highest BCUT2D eigenvalue weighted by atomic mass is 16.2. The van der Waals surface area contributed by atoms with Gasteiger partial charge in [0.15, 0.2) is 0 Å². The van der Waals surface area contributed by atoms with Crippen molar-refractivity contribution in [1.82, 2.24) is 10.2 Å². The summed E-state index contributed by atoms with van der Waals surface area (Å²) in [4.78, 5) is 15.0. The summed E-state index contributed by atoms with van der Waals surface area (Å²) >= 11 is 0. The molecule has 0 aromatic carbocycles. The number of carbonyl (C=O) groups is 1. The quantitative estimate of drug-likeness (QED) is 0.801. The lowest BCUT2D eigenvalue weighted by Crippen LogP contribution is -2.55. The van der Waals surface area contributed by atoms with Crippen molar-refractivity contribution in [3.63, 3.8) is 0 Å². The Morgan fingerprint density at radius 1 is 1.16 bits per heavy atom. The maximum absolute atomic E-state index is 12.8. The van der Waals surface area contributed by atoms with E-state index in [1.165, 1.54) is 44.9 Å². The summed E-state index contributed by atoms with van der Waals surface area (Å²) in [7, 11) is 0. The average molecular weight is 266 g/mol. The Labute approximate surface area is 118 Å². The topological polar surface area (TPSA) is 32.3 Å². The maximum Gasteiger partial charge on any atom is 0.242 e. The molecule has 1 amide bonds. The molecule has 2 rings (SSSR count). The van der Waals surface area contributed by atoms with Crippen LogP contribution in [0.15, 0.2) is 0 Å². The van der Waals surface area contributed by atoms with Crippen LogP contribution in [-0.2, 0) is 4.79 Å². The van der Waals surface area contributed by atoms with Crippen molar-refractivity contribution in [3.8, 4) is 0 Å².